The standard InChI is InChI=1S/C27H20.3C2H6/c1-27(2)23-16-14-18-8-4-6-10-21(18)25(23)22-15-13-19-12-11-17-7-3-5-9-20(17)24(19)26(22)27;3*1-2/h3-16H,1-2H3;3*1-2H3. The van der Waals surface area contributed by atoms with E-state index >= 15 is 0 Å². The predicted molar refractivity (Wildman–Crippen MR) is 151 cm³/mol. The Morgan fingerprint density at radius 2 is 0.970 bits per heavy atom. The summed E-state index contributed by atoms with van der Waals surface area (Å²) in [5.41, 5.74) is 5.72. The van der Waals surface area contributed by atoms with E-state index in [1.54, 1.807) is 0 Å². The molecule has 0 aliphatic heterocycles. The van der Waals surface area contributed by atoms with Gasteiger partial charge < -0.3 is 0 Å². The fraction of sp³-hybridized carbons (Fsp3) is 0.273. The van der Waals surface area contributed by atoms with Crippen LogP contribution in [0.2, 0.25) is 0 Å². The van der Waals surface area contributed by atoms with Gasteiger partial charge in [0.1, 0.15) is 0 Å². The molecular weight excluding hydrogens is 396 g/mol. The summed E-state index contributed by atoms with van der Waals surface area (Å²) < 4.78 is 0. The minimum atomic E-state index is -0.0155. The van der Waals surface area contributed by atoms with Gasteiger partial charge in [-0.1, -0.05) is 140 Å². The van der Waals surface area contributed by atoms with Crippen molar-refractivity contribution in [3.63, 3.8) is 0 Å². The van der Waals surface area contributed by atoms with Crippen molar-refractivity contribution >= 4 is 32.3 Å². The Morgan fingerprint density at radius 3 is 1.64 bits per heavy atom. The molecule has 0 radical (unpaired) electrons. The summed E-state index contributed by atoms with van der Waals surface area (Å²) in [5, 5.41) is 8.10. The fourth-order valence-electron chi connectivity index (χ4n) is 5.17. The molecule has 0 saturated carbocycles. The molecule has 0 amide bonds. The molecule has 0 fully saturated rings. The Kier molecular flexibility index (Phi) is 7.59. The first-order valence-electron chi connectivity index (χ1n) is 12.6. The molecular formula is C33H38. The molecule has 6 rings (SSSR count). The maximum Gasteiger partial charge on any atom is 0.0165 e. The van der Waals surface area contributed by atoms with Crippen molar-refractivity contribution < 1.29 is 0 Å². The highest BCUT2D eigenvalue weighted by atomic mass is 14.4. The number of rotatable bonds is 0. The molecule has 1 aliphatic rings. The first-order valence-corrected chi connectivity index (χ1v) is 12.6. The van der Waals surface area contributed by atoms with E-state index in [9.17, 15) is 0 Å². The van der Waals surface area contributed by atoms with Gasteiger partial charge in [0.15, 0.2) is 0 Å². The third-order valence-corrected chi connectivity index (χ3v) is 6.41. The Bertz CT molecular complexity index is 1390. The Morgan fingerprint density at radius 1 is 0.485 bits per heavy atom. The van der Waals surface area contributed by atoms with Gasteiger partial charge in [0.2, 0.25) is 0 Å². The Labute approximate surface area is 200 Å². The average molecular weight is 435 g/mol. The van der Waals surface area contributed by atoms with Crippen molar-refractivity contribution in [1.29, 1.82) is 0 Å². The maximum absolute atomic E-state index is 2.38. The van der Waals surface area contributed by atoms with Crippen LogP contribution < -0.4 is 0 Å². The number of hydrogen-bond acceptors (Lipinski definition) is 0. The monoisotopic (exact) mass is 434 g/mol. The van der Waals surface area contributed by atoms with E-state index in [1.165, 1.54) is 54.6 Å². The highest BCUT2D eigenvalue weighted by Crippen LogP contribution is 2.54. The molecule has 5 aromatic carbocycles. The fourth-order valence-corrected chi connectivity index (χ4v) is 5.17. The second-order valence-corrected chi connectivity index (χ2v) is 8.21. The molecule has 0 spiro atoms. The van der Waals surface area contributed by atoms with Crippen molar-refractivity contribution in [3.8, 4) is 11.1 Å². The molecule has 5 aromatic rings. The zero-order chi connectivity index (χ0) is 24.2. The minimum Gasteiger partial charge on any atom is -0.0683 e. The minimum absolute atomic E-state index is 0.0155. The molecule has 170 valence electrons. The highest BCUT2D eigenvalue weighted by molar-refractivity contribution is 6.15. The van der Waals surface area contributed by atoms with Crippen LogP contribution in [0.25, 0.3) is 43.4 Å². The van der Waals surface area contributed by atoms with Crippen molar-refractivity contribution in [2.45, 2.75) is 60.8 Å². The lowest BCUT2D eigenvalue weighted by atomic mass is 9.79. The zero-order valence-electron chi connectivity index (χ0n) is 21.6. The van der Waals surface area contributed by atoms with Crippen LogP contribution in [-0.2, 0) is 5.41 Å². The lowest BCUT2D eigenvalue weighted by molar-refractivity contribution is 0.667. The molecule has 0 nitrogen and oxygen atoms in total. The first kappa shape index (κ1) is 24.5. The second-order valence-electron chi connectivity index (χ2n) is 8.21. The largest absolute Gasteiger partial charge is 0.0683 e. The van der Waals surface area contributed by atoms with Crippen molar-refractivity contribution in [3.05, 3.63) is 96.1 Å². The van der Waals surface area contributed by atoms with Gasteiger partial charge in [0, 0.05) is 5.41 Å². The molecule has 1 aliphatic carbocycles. The normalized spacial score (nSPS) is 12.5. The molecule has 0 aromatic heterocycles. The number of benzene rings is 5. The lowest BCUT2D eigenvalue weighted by Crippen LogP contribution is -2.15. The van der Waals surface area contributed by atoms with Crippen LogP contribution in [0.1, 0.15) is 66.5 Å². The van der Waals surface area contributed by atoms with Crippen LogP contribution in [0.4, 0.5) is 0 Å². The number of hydrogen-bond donors (Lipinski definition) is 0. The van der Waals surface area contributed by atoms with E-state index in [2.05, 4.69) is 98.8 Å². The van der Waals surface area contributed by atoms with Crippen LogP contribution in [0.5, 0.6) is 0 Å². The van der Waals surface area contributed by atoms with Gasteiger partial charge in [0.05, 0.1) is 0 Å². The van der Waals surface area contributed by atoms with Crippen molar-refractivity contribution in [1.82, 2.24) is 0 Å². The van der Waals surface area contributed by atoms with Gasteiger partial charge in [-0.3, -0.25) is 0 Å². The quantitative estimate of drug-likeness (QED) is 0.213. The van der Waals surface area contributed by atoms with E-state index in [4.69, 9.17) is 0 Å². The van der Waals surface area contributed by atoms with Crippen molar-refractivity contribution in [2.75, 3.05) is 0 Å². The Hall–Kier alpha value is -3.12. The third kappa shape index (κ3) is 3.82. The summed E-state index contributed by atoms with van der Waals surface area (Å²) in [7, 11) is 0. The summed E-state index contributed by atoms with van der Waals surface area (Å²) in [5.74, 6) is 0. The van der Waals surface area contributed by atoms with E-state index in [0.29, 0.717) is 0 Å². The van der Waals surface area contributed by atoms with Crippen LogP contribution in [0.3, 0.4) is 0 Å². The van der Waals surface area contributed by atoms with Crippen LogP contribution in [0, 0.1) is 0 Å². The molecule has 0 N–H and O–H groups in total. The number of fused-ring (bicyclic) bond motifs is 9. The summed E-state index contributed by atoms with van der Waals surface area (Å²) in [6, 6.07) is 31.3. The summed E-state index contributed by atoms with van der Waals surface area (Å²) in [6.45, 7) is 16.8. The molecule has 0 saturated heterocycles. The lowest BCUT2D eigenvalue weighted by Gasteiger charge is -2.24. The molecule has 0 heterocycles. The predicted octanol–water partition coefficient (Wildman–Crippen LogP) is 10.5. The van der Waals surface area contributed by atoms with Gasteiger partial charge in [-0.15, -0.1) is 0 Å². The van der Waals surface area contributed by atoms with Crippen LogP contribution in [0.15, 0.2) is 84.9 Å². The van der Waals surface area contributed by atoms with Crippen LogP contribution >= 0.6 is 0 Å². The topological polar surface area (TPSA) is 0 Å². The van der Waals surface area contributed by atoms with Gasteiger partial charge in [-0.05, 0) is 54.6 Å². The summed E-state index contributed by atoms with van der Waals surface area (Å²) in [4.78, 5) is 0. The average Bonchev–Trinajstić information content (AvgIpc) is 3.14. The van der Waals surface area contributed by atoms with E-state index in [-0.39, 0.29) is 5.41 Å². The smallest absolute Gasteiger partial charge is 0.0165 e. The maximum atomic E-state index is 2.38. The second kappa shape index (κ2) is 10.2. The Balaban J connectivity index is 0.000000475. The van der Waals surface area contributed by atoms with E-state index < -0.39 is 0 Å². The highest BCUT2D eigenvalue weighted by Gasteiger charge is 2.38. The van der Waals surface area contributed by atoms with Crippen LogP contribution in [-0.4, -0.2) is 0 Å². The van der Waals surface area contributed by atoms with Gasteiger partial charge in [0.25, 0.3) is 0 Å². The third-order valence-electron chi connectivity index (χ3n) is 6.41. The molecule has 0 bridgehead atoms. The SMILES string of the molecule is CC.CC.CC.CC1(C)c2ccc3ccccc3c2-c2ccc3ccc4ccccc4c3c21. The zero-order valence-corrected chi connectivity index (χ0v) is 21.6. The van der Waals surface area contributed by atoms with E-state index in [0.717, 1.165) is 0 Å². The molecule has 0 heteroatoms. The van der Waals surface area contributed by atoms with Gasteiger partial charge in [-0.2, -0.15) is 0 Å². The van der Waals surface area contributed by atoms with E-state index in [1.807, 2.05) is 41.5 Å². The summed E-state index contributed by atoms with van der Waals surface area (Å²) in [6.07, 6.45) is 0. The van der Waals surface area contributed by atoms with Crippen molar-refractivity contribution in [2.24, 2.45) is 0 Å². The van der Waals surface area contributed by atoms with Gasteiger partial charge in [-0.25, -0.2) is 0 Å². The van der Waals surface area contributed by atoms with Gasteiger partial charge >= 0.3 is 0 Å². The summed E-state index contributed by atoms with van der Waals surface area (Å²) >= 11 is 0. The molecule has 33 heavy (non-hydrogen) atoms. The molecule has 0 atom stereocenters. The molecule has 0 unspecified atom stereocenters. The first-order chi connectivity index (χ1) is 16.2.